The molecule has 1 heterocycles. The SMILES string of the molecule is CC[C@@H](O)c1ccccc1Sc1nccs1. The summed E-state index contributed by atoms with van der Waals surface area (Å²) in [7, 11) is 0. The number of aromatic nitrogens is 1. The summed E-state index contributed by atoms with van der Waals surface area (Å²) in [6, 6.07) is 7.95. The summed E-state index contributed by atoms with van der Waals surface area (Å²) in [4.78, 5) is 5.33. The average Bonchev–Trinajstić information content (AvgIpc) is 2.82. The van der Waals surface area contributed by atoms with Gasteiger partial charge in [0.1, 0.15) is 0 Å². The van der Waals surface area contributed by atoms with Gasteiger partial charge in [0.15, 0.2) is 4.34 Å². The van der Waals surface area contributed by atoms with Crippen LogP contribution < -0.4 is 0 Å². The molecule has 0 radical (unpaired) electrons. The van der Waals surface area contributed by atoms with Crippen LogP contribution in [-0.2, 0) is 0 Å². The number of nitrogens with zero attached hydrogens (tertiary/aromatic N) is 1. The molecular formula is C12H13NOS2. The molecule has 0 fully saturated rings. The van der Waals surface area contributed by atoms with E-state index in [2.05, 4.69) is 4.98 Å². The lowest BCUT2D eigenvalue weighted by atomic mass is 10.1. The number of hydrogen-bond acceptors (Lipinski definition) is 4. The molecule has 16 heavy (non-hydrogen) atoms. The molecule has 0 amide bonds. The van der Waals surface area contributed by atoms with Gasteiger partial charge in [-0.3, -0.25) is 0 Å². The normalized spacial score (nSPS) is 12.6. The van der Waals surface area contributed by atoms with Gasteiger partial charge in [-0.05, 0) is 18.1 Å². The lowest BCUT2D eigenvalue weighted by molar-refractivity contribution is 0.171. The minimum Gasteiger partial charge on any atom is -0.388 e. The van der Waals surface area contributed by atoms with Gasteiger partial charge in [-0.15, -0.1) is 11.3 Å². The van der Waals surface area contributed by atoms with Gasteiger partial charge in [-0.2, -0.15) is 0 Å². The van der Waals surface area contributed by atoms with Crippen molar-refractivity contribution < 1.29 is 5.11 Å². The van der Waals surface area contributed by atoms with Gasteiger partial charge in [-0.1, -0.05) is 36.9 Å². The number of aliphatic hydroxyl groups is 1. The number of rotatable bonds is 4. The zero-order valence-electron chi connectivity index (χ0n) is 8.96. The number of hydrogen-bond donors (Lipinski definition) is 1. The van der Waals surface area contributed by atoms with Crippen molar-refractivity contribution in [1.29, 1.82) is 0 Å². The summed E-state index contributed by atoms with van der Waals surface area (Å²) in [6.07, 6.45) is 2.14. The van der Waals surface area contributed by atoms with E-state index in [1.165, 1.54) is 0 Å². The van der Waals surface area contributed by atoms with Crippen molar-refractivity contribution in [3.8, 4) is 0 Å². The Morgan fingerprint density at radius 2 is 2.25 bits per heavy atom. The van der Waals surface area contributed by atoms with Crippen molar-refractivity contribution in [2.75, 3.05) is 0 Å². The first-order valence-corrected chi connectivity index (χ1v) is 6.85. The fourth-order valence-corrected chi connectivity index (χ4v) is 3.18. The predicted octanol–water partition coefficient (Wildman–Crippen LogP) is 3.74. The molecule has 0 aliphatic heterocycles. The highest BCUT2D eigenvalue weighted by Gasteiger charge is 2.11. The van der Waals surface area contributed by atoms with E-state index in [0.717, 1.165) is 21.2 Å². The van der Waals surface area contributed by atoms with Gasteiger partial charge in [0.25, 0.3) is 0 Å². The maximum absolute atomic E-state index is 9.91. The topological polar surface area (TPSA) is 33.1 Å². The molecule has 0 saturated carbocycles. The summed E-state index contributed by atoms with van der Waals surface area (Å²) >= 11 is 3.23. The van der Waals surface area contributed by atoms with Crippen molar-refractivity contribution in [3.05, 3.63) is 41.4 Å². The van der Waals surface area contributed by atoms with Crippen LogP contribution in [-0.4, -0.2) is 10.1 Å². The minimum atomic E-state index is -0.385. The molecule has 1 aromatic heterocycles. The van der Waals surface area contributed by atoms with Crippen molar-refractivity contribution >= 4 is 23.1 Å². The van der Waals surface area contributed by atoms with E-state index in [1.54, 1.807) is 29.3 Å². The summed E-state index contributed by atoms with van der Waals surface area (Å²) < 4.78 is 1.01. The standard InChI is InChI=1S/C12H13NOS2/c1-2-10(14)9-5-3-4-6-11(9)16-12-13-7-8-15-12/h3-8,10,14H,2H2,1H3/t10-/m1/s1. The highest BCUT2D eigenvalue weighted by molar-refractivity contribution is 8.01. The van der Waals surface area contributed by atoms with E-state index >= 15 is 0 Å². The Labute approximate surface area is 103 Å². The Morgan fingerprint density at radius 1 is 1.44 bits per heavy atom. The Bertz CT molecular complexity index is 442. The molecule has 2 aromatic rings. The van der Waals surface area contributed by atoms with Gasteiger partial charge >= 0.3 is 0 Å². The molecule has 0 saturated heterocycles. The zero-order valence-corrected chi connectivity index (χ0v) is 10.6. The third-order valence-electron chi connectivity index (χ3n) is 2.27. The van der Waals surface area contributed by atoms with E-state index in [9.17, 15) is 5.11 Å². The van der Waals surface area contributed by atoms with Gasteiger partial charge in [0.2, 0.25) is 0 Å². The number of aliphatic hydroxyl groups excluding tert-OH is 1. The quantitative estimate of drug-likeness (QED) is 0.898. The van der Waals surface area contributed by atoms with E-state index in [-0.39, 0.29) is 6.10 Å². The maximum atomic E-state index is 9.91. The Kier molecular flexibility index (Phi) is 3.98. The van der Waals surface area contributed by atoms with Crippen molar-refractivity contribution in [2.24, 2.45) is 0 Å². The molecule has 0 aliphatic carbocycles. The van der Waals surface area contributed by atoms with Crippen LogP contribution in [0.1, 0.15) is 25.0 Å². The molecule has 2 nitrogen and oxygen atoms in total. The molecule has 0 unspecified atom stereocenters. The molecule has 1 atom stereocenters. The molecule has 0 spiro atoms. The van der Waals surface area contributed by atoms with E-state index < -0.39 is 0 Å². The van der Waals surface area contributed by atoms with Crippen molar-refractivity contribution in [1.82, 2.24) is 4.98 Å². The molecule has 1 aromatic carbocycles. The van der Waals surface area contributed by atoms with E-state index in [1.807, 2.05) is 36.6 Å². The second kappa shape index (κ2) is 5.48. The van der Waals surface area contributed by atoms with E-state index in [0.29, 0.717) is 0 Å². The van der Waals surface area contributed by atoms with Crippen LogP contribution in [0, 0.1) is 0 Å². The van der Waals surface area contributed by atoms with Crippen molar-refractivity contribution in [2.45, 2.75) is 28.7 Å². The van der Waals surface area contributed by atoms with Gasteiger partial charge in [0, 0.05) is 16.5 Å². The first-order chi connectivity index (χ1) is 7.81. The molecule has 1 N–H and O–H groups in total. The molecule has 4 heteroatoms. The lowest BCUT2D eigenvalue weighted by Gasteiger charge is -2.12. The summed E-state index contributed by atoms with van der Waals surface area (Å²) in [5, 5.41) is 11.9. The minimum absolute atomic E-state index is 0.385. The van der Waals surface area contributed by atoms with Crippen LogP contribution in [0.15, 0.2) is 45.1 Å². The van der Waals surface area contributed by atoms with Gasteiger partial charge < -0.3 is 5.11 Å². The largest absolute Gasteiger partial charge is 0.388 e. The van der Waals surface area contributed by atoms with Crippen LogP contribution in [0.4, 0.5) is 0 Å². The maximum Gasteiger partial charge on any atom is 0.154 e. The van der Waals surface area contributed by atoms with Crippen LogP contribution in [0.5, 0.6) is 0 Å². The molecule has 0 bridgehead atoms. The Morgan fingerprint density at radius 3 is 2.94 bits per heavy atom. The summed E-state index contributed by atoms with van der Waals surface area (Å²) in [6.45, 7) is 1.98. The molecule has 84 valence electrons. The van der Waals surface area contributed by atoms with Gasteiger partial charge in [0.05, 0.1) is 6.10 Å². The first kappa shape index (κ1) is 11.6. The number of benzene rings is 1. The smallest absolute Gasteiger partial charge is 0.154 e. The Balaban J connectivity index is 2.26. The van der Waals surface area contributed by atoms with E-state index in [4.69, 9.17) is 0 Å². The third-order valence-corrected chi connectivity index (χ3v) is 4.25. The van der Waals surface area contributed by atoms with Crippen LogP contribution in [0.3, 0.4) is 0 Å². The second-order valence-electron chi connectivity index (χ2n) is 3.36. The summed E-state index contributed by atoms with van der Waals surface area (Å²) in [5.74, 6) is 0. The fraction of sp³-hybridized carbons (Fsp3) is 0.250. The lowest BCUT2D eigenvalue weighted by Crippen LogP contribution is -1.96. The summed E-state index contributed by atoms with van der Waals surface area (Å²) in [5.41, 5.74) is 0.991. The highest BCUT2D eigenvalue weighted by Crippen LogP contribution is 2.34. The zero-order chi connectivity index (χ0) is 11.4. The van der Waals surface area contributed by atoms with Gasteiger partial charge in [-0.25, -0.2) is 4.98 Å². The second-order valence-corrected chi connectivity index (χ2v) is 5.55. The Hall–Kier alpha value is -0.840. The van der Waals surface area contributed by atoms with Crippen LogP contribution >= 0.6 is 23.1 Å². The van der Waals surface area contributed by atoms with Crippen LogP contribution in [0.2, 0.25) is 0 Å². The van der Waals surface area contributed by atoms with Crippen LogP contribution in [0.25, 0.3) is 0 Å². The monoisotopic (exact) mass is 251 g/mol. The molecule has 2 rings (SSSR count). The predicted molar refractivity (Wildman–Crippen MR) is 67.9 cm³/mol. The highest BCUT2D eigenvalue weighted by atomic mass is 32.2. The molecule has 0 aliphatic rings. The number of thiazole rings is 1. The van der Waals surface area contributed by atoms with Crippen molar-refractivity contribution in [3.63, 3.8) is 0 Å². The fourth-order valence-electron chi connectivity index (χ4n) is 1.42. The third kappa shape index (κ3) is 2.64. The average molecular weight is 251 g/mol. The molecular weight excluding hydrogens is 238 g/mol. The first-order valence-electron chi connectivity index (χ1n) is 5.15.